The Balaban J connectivity index is 0.984. The molecular weight excluding hydrogens is 332 g/mol. The maximum absolute atomic E-state index is 5.39. The molecule has 0 radical (unpaired) electrons. The van der Waals surface area contributed by atoms with Crippen LogP contribution in [0.2, 0.25) is 0 Å². The second-order valence-corrected chi connectivity index (χ2v) is 8.46. The van der Waals surface area contributed by atoms with E-state index in [0.717, 1.165) is 52.6 Å². The van der Waals surface area contributed by atoms with E-state index in [4.69, 9.17) is 18.9 Å². The van der Waals surface area contributed by atoms with Crippen molar-refractivity contribution in [1.29, 1.82) is 0 Å². The van der Waals surface area contributed by atoms with Crippen molar-refractivity contribution in [2.24, 2.45) is 0 Å². The largest absolute Gasteiger partial charge is 0.372 e. The van der Waals surface area contributed by atoms with E-state index in [1.54, 1.807) is 0 Å². The molecule has 4 atom stereocenters. The van der Waals surface area contributed by atoms with E-state index in [0.29, 0.717) is 24.4 Å². The van der Waals surface area contributed by atoms with E-state index in [-0.39, 0.29) is 0 Å². The van der Waals surface area contributed by atoms with Crippen molar-refractivity contribution < 1.29 is 18.9 Å². The first kappa shape index (κ1) is 19.1. The van der Waals surface area contributed by atoms with E-state index in [1.807, 2.05) is 0 Å². The van der Waals surface area contributed by atoms with Crippen LogP contribution in [0.3, 0.4) is 0 Å². The Hall–Kier alpha value is -0.240. The summed E-state index contributed by atoms with van der Waals surface area (Å²) in [4.78, 5) is 5.10. The number of hydrogen-bond acceptors (Lipinski definition) is 6. The third-order valence-corrected chi connectivity index (χ3v) is 5.66. The fourth-order valence-corrected chi connectivity index (χ4v) is 3.74. The zero-order valence-corrected chi connectivity index (χ0v) is 16.2. The Labute approximate surface area is 158 Å². The average molecular weight is 369 g/mol. The van der Waals surface area contributed by atoms with Gasteiger partial charge in [0.25, 0.3) is 0 Å². The van der Waals surface area contributed by atoms with Crippen LogP contribution >= 0.6 is 0 Å². The van der Waals surface area contributed by atoms with Gasteiger partial charge < -0.3 is 18.9 Å². The molecule has 0 spiro atoms. The summed E-state index contributed by atoms with van der Waals surface area (Å²) in [7, 11) is 0. The van der Waals surface area contributed by atoms with E-state index >= 15 is 0 Å². The predicted octanol–water partition coefficient (Wildman–Crippen LogP) is 1.53. The molecule has 4 rings (SSSR count). The lowest BCUT2D eigenvalue weighted by Crippen LogP contribution is -2.32. The average Bonchev–Trinajstić information content (AvgIpc) is 3.43. The minimum Gasteiger partial charge on any atom is -0.372 e. The molecule has 0 amide bonds. The Morgan fingerprint density at radius 3 is 1.00 bits per heavy atom. The van der Waals surface area contributed by atoms with Crippen LogP contribution in [-0.2, 0) is 18.9 Å². The van der Waals surface area contributed by atoms with Gasteiger partial charge in [0, 0.05) is 26.2 Å². The number of hydrogen-bond donors (Lipinski definition) is 0. The molecule has 6 heteroatoms. The van der Waals surface area contributed by atoms with Crippen molar-refractivity contribution in [2.75, 3.05) is 65.7 Å². The standard InChI is InChI=1S/C20H36N2O4/c1(3-5-7-21(9-17-13-23-17)10-18-14-24-18)2-4-6-8-22(11-19-15-25-19)12-20-16-26-20/h17-20H,1-16H2. The van der Waals surface area contributed by atoms with E-state index in [1.165, 1.54) is 51.6 Å². The van der Waals surface area contributed by atoms with Gasteiger partial charge in [0.05, 0.1) is 50.8 Å². The molecule has 26 heavy (non-hydrogen) atoms. The molecule has 0 saturated carbocycles. The molecule has 0 aromatic heterocycles. The molecule has 0 aromatic carbocycles. The number of epoxide rings is 4. The first-order chi connectivity index (χ1) is 12.8. The topological polar surface area (TPSA) is 56.6 Å². The molecule has 0 N–H and O–H groups in total. The van der Waals surface area contributed by atoms with Crippen LogP contribution in [0, 0.1) is 0 Å². The molecule has 6 nitrogen and oxygen atoms in total. The third kappa shape index (κ3) is 8.19. The maximum atomic E-state index is 5.39. The van der Waals surface area contributed by atoms with Gasteiger partial charge in [0.2, 0.25) is 0 Å². The predicted molar refractivity (Wildman–Crippen MR) is 99.5 cm³/mol. The van der Waals surface area contributed by atoms with E-state index < -0.39 is 0 Å². The monoisotopic (exact) mass is 368 g/mol. The number of unbranched alkanes of at least 4 members (excludes halogenated alkanes) is 5. The smallest absolute Gasteiger partial charge is 0.0936 e. The summed E-state index contributed by atoms with van der Waals surface area (Å²) < 4.78 is 21.5. The van der Waals surface area contributed by atoms with Gasteiger partial charge in [-0.05, 0) is 25.9 Å². The summed E-state index contributed by atoms with van der Waals surface area (Å²) in [5.74, 6) is 0. The molecule has 4 fully saturated rings. The highest BCUT2D eigenvalue weighted by molar-refractivity contribution is 4.81. The second kappa shape index (κ2) is 9.80. The minimum absolute atomic E-state index is 0.499. The molecular formula is C20H36N2O4. The summed E-state index contributed by atoms with van der Waals surface area (Å²) in [6.45, 7) is 10.6. The highest BCUT2D eigenvalue weighted by Crippen LogP contribution is 2.18. The first-order valence-corrected chi connectivity index (χ1v) is 10.8. The van der Waals surface area contributed by atoms with Crippen molar-refractivity contribution in [1.82, 2.24) is 9.80 Å². The molecule has 0 aliphatic carbocycles. The molecule has 150 valence electrons. The van der Waals surface area contributed by atoms with Gasteiger partial charge in [-0.2, -0.15) is 0 Å². The summed E-state index contributed by atoms with van der Waals surface area (Å²) in [6, 6.07) is 0. The van der Waals surface area contributed by atoms with Crippen molar-refractivity contribution in [3.63, 3.8) is 0 Å². The van der Waals surface area contributed by atoms with Gasteiger partial charge >= 0.3 is 0 Å². The zero-order valence-electron chi connectivity index (χ0n) is 16.2. The molecule has 0 bridgehead atoms. The summed E-state index contributed by atoms with van der Waals surface area (Å²) in [5.41, 5.74) is 0. The van der Waals surface area contributed by atoms with Crippen molar-refractivity contribution in [2.45, 2.75) is 62.9 Å². The SMILES string of the molecule is C(CCCCN(CC1CO1)CC1CO1)CCCN(CC1CO1)CC1CO1. The number of ether oxygens (including phenoxy) is 4. The van der Waals surface area contributed by atoms with E-state index in [2.05, 4.69) is 9.80 Å². The van der Waals surface area contributed by atoms with Crippen LogP contribution in [-0.4, -0.2) is 99.9 Å². The van der Waals surface area contributed by atoms with Crippen LogP contribution in [0.5, 0.6) is 0 Å². The lowest BCUT2D eigenvalue weighted by Gasteiger charge is -2.20. The third-order valence-electron chi connectivity index (χ3n) is 5.66. The lowest BCUT2D eigenvalue weighted by atomic mass is 10.1. The van der Waals surface area contributed by atoms with Gasteiger partial charge in [-0.1, -0.05) is 25.7 Å². The van der Waals surface area contributed by atoms with Crippen LogP contribution in [0.1, 0.15) is 38.5 Å². The van der Waals surface area contributed by atoms with Gasteiger partial charge in [-0.15, -0.1) is 0 Å². The minimum atomic E-state index is 0.499. The molecule has 4 saturated heterocycles. The van der Waals surface area contributed by atoms with Crippen molar-refractivity contribution in [3.05, 3.63) is 0 Å². The molecule has 4 aliphatic rings. The van der Waals surface area contributed by atoms with Crippen molar-refractivity contribution >= 4 is 0 Å². The molecule has 0 aromatic rings. The Morgan fingerprint density at radius 2 is 0.731 bits per heavy atom. The van der Waals surface area contributed by atoms with Crippen LogP contribution in [0.15, 0.2) is 0 Å². The fraction of sp³-hybridized carbons (Fsp3) is 1.00. The zero-order chi connectivity index (χ0) is 17.6. The summed E-state index contributed by atoms with van der Waals surface area (Å²) in [6.07, 6.45) is 10.0. The summed E-state index contributed by atoms with van der Waals surface area (Å²) in [5, 5.41) is 0. The maximum Gasteiger partial charge on any atom is 0.0936 e. The molecule has 4 aliphatic heterocycles. The molecule has 4 unspecified atom stereocenters. The van der Waals surface area contributed by atoms with Crippen molar-refractivity contribution in [3.8, 4) is 0 Å². The van der Waals surface area contributed by atoms with Gasteiger partial charge in [0.1, 0.15) is 0 Å². The Morgan fingerprint density at radius 1 is 0.462 bits per heavy atom. The number of rotatable bonds is 17. The first-order valence-electron chi connectivity index (χ1n) is 10.8. The van der Waals surface area contributed by atoms with Gasteiger partial charge in [-0.3, -0.25) is 9.80 Å². The quantitative estimate of drug-likeness (QED) is 0.287. The molecule has 4 heterocycles. The fourth-order valence-electron chi connectivity index (χ4n) is 3.74. The van der Waals surface area contributed by atoms with Gasteiger partial charge in [-0.25, -0.2) is 0 Å². The Bertz CT molecular complexity index is 343. The normalized spacial score (nSPS) is 31.6. The van der Waals surface area contributed by atoms with Crippen LogP contribution in [0.25, 0.3) is 0 Å². The van der Waals surface area contributed by atoms with Crippen LogP contribution < -0.4 is 0 Å². The summed E-state index contributed by atoms with van der Waals surface area (Å²) >= 11 is 0. The van der Waals surface area contributed by atoms with E-state index in [9.17, 15) is 0 Å². The van der Waals surface area contributed by atoms with Crippen LogP contribution in [0.4, 0.5) is 0 Å². The lowest BCUT2D eigenvalue weighted by molar-refractivity contribution is 0.213. The van der Waals surface area contributed by atoms with Gasteiger partial charge in [0.15, 0.2) is 0 Å². The highest BCUT2D eigenvalue weighted by atomic mass is 16.6. The Kier molecular flexibility index (Phi) is 7.20. The highest BCUT2D eigenvalue weighted by Gasteiger charge is 2.31. The number of nitrogens with zero attached hydrogens (tertiary/aromatic N) is 2. The second-order valence-electron chi connectivity index (χ2n) is 8.46.